The molecule has 1 atom stereocenters. The number of nitrogens with zero attached hydrogens (tertiary/aromatic N) is 1. The highest BCUT2D eigenvalue weighted by atomic mass is 35.5. The van der Waals surface area contributed by atoms with Crippen molar-refractivity contribution in [2.24, 2.45) is 0 Å². The lowest BCUT2D eigenvalue weighted by Gasteiger charge is -2.35. The lowest BCUT2D eigenvalue weighted by atomic mass is 10.0. The van der Waals surface area contributed by atoms with Crippen LogP contribution in [0.5, 0.6) is 0 Å². The highest BCUT2D eigenvalue weighted by molar-refractivity contribution is 6.30. The Hall–Kier alpha value is -1.95. The minimum atomic E-state index is -0.259. The predicted molar refractivity (Wildman–Crippen MR) is 104 cm³/mol. The van der Waals surface area contributed by atoms with Gasteiger partial charge in [0.1, 0.15) is 5.82 Å². The van der Waals surface area contributed by atoms with E-state index in [4.69, 9.17) is 16.3 Å². The molecule has 1 aliphatic rings. The molecule has 1 amide bonds. The summed E-state index contributed by atoms with van der Waals surface area (Å²) in [5, 5.41) is 3.71. The second-order valence-electron chi connectivity index (χ2n) is 6.65. The van der Waals surface area contributed by atoms with Gasteiger partial charge in [-0.05, 0) is 41.8 Å². The van der Waals surface area contributed by atoms with Crippen LogP contribution < -0.4 is 5.32 Å². The van der Waals surface area contributed by atoms with Gasteiger partial charge in [-0.3, -0.25) is 9.69 Å². The van der Waals surface area contributed by atoms with Crippen LogP contribution in [0.15, 0.2) is 48.5 Å². The molecule has 27 heavy (non-hydrogen) atoms. The van der Waals surface area contributed by atoms with E-state index < -0.39 is 0 Å². The third-order valence-corrected chi connectivity index (χ3v) is 5.00. The number of carbonyl (C=O) groups excluding carboxylic acids is 1. The first-order valence-electron chi connectivity index (χ1n) is 9.20. The molecule has 0 radical (unpaired) electrons. The summed E-state index contributed by atoms with van der Waals surface area (Å²) < 4.78 is 18.7. The monoisotopic (exact) mass is 390 g/mol. The van der Waals surface area contributed by atoms with Crippen molar-refractivity contribution in [1.29, 1.82) is 0 Å². The molecule has 1 saturated heterocycles. The van der Waals surface area contributed by atoms with E-state index in [-0.39, 0.29) is 17.8 Å². The van der Waals surface area contributed by atoms with Gasteiger partial charge < -0.3 is 10.1 Å². The first-order chi connectivity index (χ1) is 13.1. The van der Waals surface area contributed by atoms with E-state index >= 15 is 0 Å². The number of halogens is 2. The summed E-state index contributed by atoms with van der Waals surface area (Å²) in [5.41, 5.74) is 2.04. The molecule has 6 heteroatoms. The molecule has 2 aromatic rings. The van der Waals surface area contributed by atoms with Gasteiger partial charge in [-0.2, -0.15) is 0 Å². The zero-order valence-electron chi connectivity index (χ0n) is 15.2. The van der Waals surface area contributed by atoms with Crippen LogP contribution in [0.3, 0.4) is 0 Å². The molecule has 3 rings (SSSR count). The summed E-state index contributed by atoms with van der Waals surface area (Å²) in [5.74, 6) is -0.264. The largest absolute Gasteiger partial charge is 0.379 e. The molecule has 2 aromatic carbocycles. The average molecular weight is 391 g/mol. The molecule has 1 unspecified atom stereocenters. The van der Waals surface area contributed by atoms with Gasteiger partial charge in [-0.25, -0.2) is 4.39 Å². The normalized spacial score (nSPS) is 16.1. The second kappa shape index (κ2) is 9.83. The third kappa shape index (κ3) is 6.03. The Morgan fingerprint density at radius 1 is 1.19 bits per heavy atom. The van der Waals surface area contributed by atoms with Crippen LogP contribution in [0.25, 0.3) is 0 Å². The number of hydrogen-bond acceptors (Lipinski definition) is 3. The number of nitrogens with one attached hydrogen (secondary N) is 1. The third-order valence-electron chi connectivity index (χ3n) is 4.76. The van der Waals surface area contributed by atoms with E-state index in [1.807, 2.05) is 24.3 Å². The molecular formula is C21H24ClFN2O2. The molecule has 0 aliphatic carbocycles. The lowest BCUT2D eigenvalue weighted by Crippen LogP contribution is -2.43. The predicted octanol–water partition coefficient (Wildman–Crippen LogP) is 3.60. The molecule has 0 bridgehead atoms. The van der Waals surface area contributed by atoms with Crippen LogP contribution in [-0.2, 0) is 16.0 Å². The van der Waals surface area contributed by atoms with Gasteiger partial charge in [0.05, 0.1) is 19.3 Å². The lowest BCUT2D eigenvalue weighted by molar-refractivity contribution is -0.121. The maximum absolute atomic E-state index is 13.3. The molecule has 0 spiro atoms. The number of morpholine rings is 1. The van der Waals surface area contributed by atoms with E-state index in [1.54, 1.807) is 12.1 Å². The van der Waals surface area contributed by atoms with Crippen LogP contribution in [-0.4, -0.2) is 43.7 Å². The molecule has 4 nitrogen and oxygen atoms in total. The van der Waals surface area contributed by atoms with Gasteiger partial charge in [0.2, 0.25) is 5.91 Å². The van der Waals surface area contributed by atoms with Gasteiger partial charge in [0.25, 0.3) is 0 Å². The average Bonchev–Trinajstić information content (AvgIpc) is 2.69. The van der Waals surface area contributed by atoms with Gasteiger partial charge in [0, 0.05) is 31.1 Å². The van der Waals surface area contributed by atoms with Crippen molar-refractivity contribution in [2.75, 3.05) is 32.8 Å². The maximum Gasteiger partial charge on any atom is 0.220 e. The van der Waals surface area contributed by atoms with Crippen molar-refractivity contribution >= 4 is 17.5 Å². The van der Waals surface area contributed by atoms with Crippen LogP contribution in [0.4, 0.5) is 4.39 Å². The zero-order chi connectivity index (χ0) is 19.1. The van der Waals surface area contributed by atoms with E-state index in [0.29, 0.717) is 37.6 Å². The van der Waals surface area contributed by atoms with Crippen LogP contribution in [0.2, 0.25) is 5.02 Å². The maximum atomic E-state index is 13.3. The standard InChI is InChI=1S/C21H24ClFN2O2/c22-18-3-1-2-16(14-18)4-9-21(26)24-15-20(25-10-12-27-13-11-25)17-5-7-19(23)8-6-17/h1-3,5-8,14,20H,4,9-13,15H2,(H,24,26). The minimum absolute atomic E-state index is 0.00428. The Morgan fingerprint density at radius 2 is 1.93 bits per heavy atom. The van der Waals surface area contributed by atoms with Gasteiger partial charge >= 0.3 is 0 Å². The quantitative estimate of drug-likeness (QED) is 0.785. The van der Waals surface area contributed by atoms with Crippen LogP contribution in [0.1, 0.15) is 23.6 Å². The molecule has 144 valence electrons. The Labute approximate surface area is 164 Å². The fourth-order valence-electron chi connectivity index (χ4n) is 3.28. The number of carbonyl (C=O) groups is 1. The fraction of sp³-hybridized carbons (Fsp3) is 0.381. The molecule has 1 N–H and O–H groups in total. The fourth-order valence-corrected chi connectivity index (χ4v) is 3.49. The number of aryl methyl sites for hydroxylation is 1. The van der Waals surface area contributed by atoms with E-state index in [9.17, 15) is 9.18 Å². The van der Waals surface area contributed by atoms with Gasteiger partial charge in [-0.1, -0.05) is 35.9 Å². The highest BCUT2D eigenvalue weighted by Crippen LogP contribution is 2.22. The van der Waals surface area contributed by atoms with Crippen molar-refractivity contribution in [3.05, 3.63) is 70.5 Å². The zero-order valence-corrected chi connectivity index (χ0v) is 15.9. The number of amides is 1. The summed E-state index contributed by atoms with van der Waals surface area (Å²) in [6, 6.07) is 14.1. The summed E-state index contributed by atoms with van der Waals surface area (Å²) in [4.78, 5) is 14.6. The molecule has 1 fully saturated rings. The smallest absolute Gasteiger partial charge is 0.220 e. The molecule has 0 aromatic heterocycles. The summed E-state index contributed by atoms with van der Waals surface area (Å²) in [7, 11) is 0. The Morgan fingerprint density at radius 3 is 2.63 bits per heavy atom. The van der Waals surface area contributed by atoms with Crippen LogP contribution >= 0.6 is 11.6 Å². The summed E-state index contributed by atoms with van der Waals surface area (Å²) in [6.45, 7) is 3.40. The molecular weight excluding hydrogens is 367 g/mol. The Balaban J connectivity index is 1.58. The summed E-state index contributed by atoms with van der Waals surface area (Å²) in [6.07, 6.45) is 1.05. The Kier molecular flexibility index (Phi) is 7.21. The van der Waals surface area contributed by atoms with Crippen molar-refractivity contribution in [1.82, 2.24) is 10.2 Å². The van der Waals surface area contributed by atoms with Gasteiger partial charge in [0.15, 0.2) is 0 Å². The van der Waals surface area contributed by atoms with E-state index in [0.717, 1.165) is 24.2 Å². The van der Waals surface area contributed by atoms with Crippen LogP contribution in [0, 0.1) is 5.82 Å². The number of benzene rings is 2. The van der Waals surface area contributed by atoms with Crippen molar-refractivity contribution in [2.45, 2.75) is 18.9 Å². The second-order valence-corrected chi connectivity index (χ2v) is 7.09. The van der Waals surface area contributed by atoms with E-state index in [1.165, 1.54) is 12.1 Å². The molecule has 1 aliphatic heterocycles. The first-order valence-corrected chi connectivity index (χ1v) is 9.58. The number of ether oxygens (including phenoxy) is 1. The van der Waals surface area contributed by atoms with Crippen molar-refractivity contribution in [3.63, 3.8) is 0 Å². The number of rotatable bonds is 7. The molecule has 1 heterocycles. The number of hydrogen-bond donors (Lipinski definition) is 1. The highest BCUT2D eigenvalue weighted by Gasteiger charge is 2.23. The van der Waals surface area contributed by atoms with E-state index in [2.05, 4.69) is 10.2 Å². The molecule has 0 saturated carbocycles. The van der Waals surface area contributed by atoms with Crippen molar-refractivity contribution < 1.29 is 13.9 Å². The topological polar surface area (TPSA) is 41.6 Å². The Bertz CT molecular complexity index is 748. The summed E-state index contributed by atoms with van der Waals surface area (Å²) >= 11 is 5.98. The first kappa shape index (κ1) is 19.8. The SMILES string of the molecule is O=C(CCc1cccc(Cl)c1)NCC(c1ccc(F)cc1)N1CCOCC1. The van der Waals surface area contributed by atoms with Crippen molar-refractivity contribution in [3.8, 4) is 0 Å². The minimum Gasteiger partial charge on any atom is -0.379 e. The van der Waals surface area contributed by atoms with Gasteiger partial charge in [-0.15, -0.1) is 0 Å².